The minimum atomic E-state index is -0.832. The number of thiazole rings is 1. The van der Waals surface area contributed by atoms with Gasteiger partial charge in [0.1, 0.15) is 18.2 Å². The molecule has 1 aliphatic heterocycles. The van der Waals surface area contributed by atoms with Crippen LogP contribution in [0.3, 0.4) is 0 Å². The largest absolute Gasteiger partial charge is 0.490 e. The van der Waals surface area contributed by atoms with Gasteiger partial charge in [0.05, 0.1) is 40.9 Å². The zero-order chi connectivity index (χ0) is 31.4. The van der Waals surface area contributed by atoms with E-state index in [4.69, 9.17) is 18.9 Å². The quantitative estimate of drug-likeness (QED) is 0.184. The van der Waals surface area contributed by atoms with E-state index in [1.165, 1.54) is 35.3 Å². The Bertz CT molecular complexity index is 1940. The van der Waals surface area contributed by atoms with Gasteiger partial charge in [0.2, 0.25) is 0 Å². The lowest BCUT2D eigenvalue weighted by atomic mass is 9.97. The van der Waals surface area contributed by atoms with Crippen LogP contribution in [-0.4, -0.2) is 30.9 Å². The molecule has 0 spiro atoms. The minimum absolute atomic E-state index is 0.0165. The molecule has 0 bridgehead atoms. The summed E-state index contributed by atoms with van der Waals surface area (Å²) in [6.45, 7) is 4.56. The molecule has 0 saturated carbocycles. The van der Waals surface area contributed by atoms with Gasteiger partial charge in [0, 0.05) is 21.8 Å². The molecule has 44 heavy (non-hydrogen) atoms. The molecule has 8 nitrogen and oxygen atoms in total. The highest BCUT2D eigenvalue weighted by molar-refractivity contribution is 9.11. The van der Waals surface area contributed by atoms with Crippen LogP contribution in [-0.2, 0) is 16.1 Å². The van der Waals surface area contributed by atoms with E-state index in [1.807, 2.05) is 13.8 Å². The Kier molecular flexibility index (Phi) is 10.0. The number of benzene rings is 3. The standard InChI is InChI=1S/C32H27Br2FN2O6S/c1-4-41-25-11-10-18(13-26(25)42-5-2)28-22(31(39)40-3)16-36-32-37(28)30(38)27(44-32)14-20-12-21(33)15-23(34)29(20)43-17-19-8-6-7-9-24(19)35/h6-16,28H,4-5,17H2,1-3H3/b27-14+/t28-/m1/s1. The van der Waals surface area contributed by atoms with Gasteiger partial charge in [-0.05, 0) is 71.7 Å². The van der Waals surface area contributed by atoms with Crippen molar-refractivity contribution in [1.29, 1.82) is 0 Å². The second kappa shape index (κ2) is 13.9. The lowest BCUT2D eigenvalue weighted by Crippen LogP contribution is -2.39. The summed E-state index contributed by atoms with van der Waals surface area (Å²) in [5.41, 5.74) is 1.42. The lowest BCUT2D eigenvalue weighted by Gasteiger charge is -2.23. The third kappa shape index (κ3) is 6.52. The monoisotopic (exact) mass is 744 g/mol. The predicted octanol–water partition coefficient (Wildman–Crippen LogP) is 6.06. The number of hydrogen-bond donors (Lipinski definition) is 0. The Morgan fingerprint density at radius 3 is 2.52 bits per heavy atom. The maximum atomic E-state index is 14.3. The van der Waals surface area contributed by atoms with Crippen molar-refractivity contribution in [2.75, 3.05) is 20.3 Å². The van der Waals surface area contributed by atoms with Crippen molar-refractivity contribution < 1.29 is 28.1 Å². The first kappa shape index (κ1) is 31.7. The van der Waals surface area contributed by atoms with Gasteiger partial charge >= 0.3 is 5.97 Å². The van der Waals surface area contributed by atoms with Crippen LogP contribution in [0.2, 0.25) is 0 Å². The molecule has 0 N–H and O–H groups in total. The van der Waals surface area contributed by atoms with Crippen molar-refractivity contribution in [1.82, 2.24) is 4.57 Å². The fraction of sp³-hybridized carbons (Fsp3) is 0.219. The van der Waals surface area contributed by atoms with E-state index in [9.17, 15) is 14.0 Å². The number of nitrogens with zero attached hydrogens (tertiary/aromatic N) is 2. The zero-order valence-corrected chi connectivity index (χ0v) is 27.9. The molecule has 12 heteroatoms. The molecule has 0 saturated heterocycles. The van der Waals surface area contributed by atoms with Gasteiger partial charge in [0.25, 0.3) is 5.56 Å². The Labute approximate surface area is 273 Å². The molecular formula is C32H27Br2FN2O6S. The first-order chi connectivity index (χ1) is 21.2. The number of halogens is 3. The summed E-state index contributed by atoms with van der Waals surface area (Å²) < 4.78 is 40.1. The van der Waals surface area contributed by atoms with Crippen LogP contribution in [0.25, 0.3) is 6.08 Å². The maximum absolute atomic E-state index is 14.3. The van der Waals surface area contributed by atoms with Crippen LogP contribution in [0.5, 0.6) is 17.2 Å². The minimum Gasteiger partial charge on any atom is -0.490 e. The summed E-state index contributed by atoms with van der Waals surface area (Å²) >= 11 is 8.21. The van der Waals surface area contributed by atoms with E-state index in [2.05, 4.69) is 36.9 Å². The number of ether oxygens (including phenoxy) is 4. The van der Waals surface area contributed by atoms with Crippen LogP contribution in [0, 0.1) is 5.82 Å². The molecule has 0 fully saturated rings. The van der Waals surface area contributed by atoms with E-state index < -0.39 is 12.0 Å². The SMILES string of the molecule is CCOc1ccc([C@@H]2C(C(=O)OC)=CN=c3s/c(=C/c4cc(Br)cc(Br)c4OCc4ccccc4F)c(=O)n32)cc1OCC. The Balaban J connectivity index is 1.63. The van der Waals surface area contributed by atoms with Crippen LogP contribution in [0.15, 0.2) is 85.1 Å². The first-order valence-electron chi connectivity index (χ1n) is 13.6. The average molecular weight is 746 g/mol. The molecule has 0 aliphatic carbocycles. The summed E-state index contributed by atoms with van der Waals surface area (Å²) in [5.74, 6) is 0.489. The topological polar surface area (TPSA) is 88.4 Å². The van der Waals surface area contributed by atoms with Crippen molar-refractivity contribution in [3.8, 4) is 17.2 Å². The van der Waals surface area contributed by atoms with E-state index in [0.29, 0.717) is 61.0 Å². The molecular weight excluding hydrogens is 719 g/mol. The molecule has 5 rings (SSSR count). The van der Waals surface area contributed by atoms with Gasteiger partial charge in [-0.15, -0.1) is 0 Å². The Hall–Kier alpha value is -3.74. The highest BCUT2D eigenvalue weighted by Gasteiger charge is 2.31. The second-order valence-electron chi connectivity index (χ2n) is 9.43. The van der Waals surface area contributed by atoms with Crippen LogP contribution in [0.1, 0.15) is 36.6 Å². The highest BCUT2D eigenvalue weighted by Crippen LogP contribution is 2.36. The fourth-order valence-corrected chi connectivity index (χ4v) is 7.07. The van der Waals surface area contributed by atoms with Crippen molar-refractivity contribution in [3.63, 3.8) is 0 Å². The number of rotatable bonds is 10. The number of carbonyl (C=O) groups is 1. The normalized spacial score (nSPS) is 14.4. The molecule has 0 radical (unpaired) electrons. The smallest absolute Gasteiger partial charge is 0.337 e. The third-order valence-electron chi connectivity index (χ3n) is 6.66. The molecule has 0 unspecified atom stereocenters. The summed E-state index contributed by atoms with van der Waals surface area (Å²) in [7, 11) is 1.28. The molecule has 4 aromatic rings. The number of aromatic nitrogens is 1. The van der Waals surface area contributed by atoms with Crippen molar-refractivity contribution in [2.45, 2.75) is 26.5 Å². The molecule has 0 amide bonds. The number of carbonyl (C=O) groups excluding carboxylic acids is 1. The summed E-state index contributed by atoms with van der Waals surface area (Å²) in [6.07, 6.45) is 3.12. The van der Waals surface area contributed by atoms with Gasteiger partial charge in [-0.1, -0.05) is 51.5 Å². The van der Waals surface area contributed by atoms with Gasteiger partial charge < -0.3 is 18.9 Å². The molecule has 1 aromatic heterocycles. The van der Waals surface area contributed by atoms with E-state index in [1.54, 1.807) is 54.6 Å². The molecule has 228 valence electrons. The van der Waals surface area contributed by atoms with Gasteiger partial charge in [-0.3, -0.25) is 9.36 Å². The molecule has 1 aliphatic rings. The number of fused-ring (bicyclic) bond motifs is 1. The summed E-state index contributed by atoms with van der Waals surface area (Å²) in [4.78, 5) is 31.8. The van der Waals surface area contributed by atoms with E-state index in [-0.39, 0.29) is 23.6 Å². The number of hydrogen-bond acceptors (Lipinski definition) is 8. The zero-order valence-electron chi connectivity index (χ0n) is 23.9. The van der Waals surface area contributed by atoms with Gasteiger partial charge in [0.15, 0.2) is 16.3 Å². The van der Waals surface area contributed by atoms with Gasteiger partial charge in [-0.25, -0.2) is 14.2 Å². The second-order valence-corrected chi connectivity index (χ2v) is 12.2. The molecule has 2 heterocycles. The number of methoxy groups -OCH3 is 1. The predicted molar refractivity (Wildman–Crippen MR) is 173 cm³/mol. The average Bonchev–Trinajstić information content (AvgIpc) is 3.32. The van der Waals surface area contributed by atoms with E-state index in [0.717, 1.165) is 4.47 Å². The van der Waals surface area contributed by atoms with Gasteiger partial charge in [-0.2, -0.15) is 0 Å². The van der Waals surface area contributed by atoms with Crippen LogP contribution >= 0.6 is 43.2 Å². The van der Waals surface area contributed by atoms with Crippen molar-refractivity contribution in [2.24, 2.45) is 4.99 Å². The number of esters is 1. The van der Waals surface area contributed by atoms with Crippen molar-refractivity contribution >= 4 is 55.2 Å². The Morgan fingerprint density at radius 1 is 1.05 bits per heavy atom. The maximum Gasteiger partial charge on any atom is 0.337 e. The lowest BCUT2D eigenvalue weighted by molar-refractivity contribution is -0.136. The molecule has 3 aromatic carbocycles. The molecule has 1 atom stereocenters. The van der Waals surface area contributed by atoms with Crippen LogP contribution < -0.4 is 29.1 Å². The highest BCUT2D eigenvalue weighted by atomic mass is 79.9. The summed E-state index contributed by atoms with van der Waals surface area (Å²) in [6, 6.07) is 14.5. The van der Waals surface area contributed by atoms with E-state index >= 15 is 0 Å². The third-order valence-corrected chi connectivity index (χ3v) is 8.71. The first-order valence-corrected chi connectivity index (χ1v) is 16.0. The van der Waals surface area contributed by atoms with Crippen LogP contribution in [0.4, 0.5) is 4.39 Å². The fourth-order valence-electron chi connectivity index (χ4n) is 4.73. The Morgan fingerprint density at radius 2 is 1.80 bits per heavy atom. The summed E-state index contributed by atoms with van der Waals surface area (Å²) in [5, 5.41) is 0. The van der Waals surface area contributed by atoms with Crippen molar-refractivity contribution in [3.05, 3.63) is 118 Å².